The van der Waals surface area contributed by atoms with E-state index in [-0.39, 0.29) is 18.9 Å². The third kappa shape index (κ3) is 11.2. The molecule has 0 aromatic rings. The van der Waals surface area contributed by atoms with Crippen LogP contribution in [-0.2, 0) is 4.12 Å². The van der Waals surface area contributed by atoms with Gasteiger partial charge in [-0.3, -0.25) is 0 Å². The van der Waals surface area contributed by atoms with Crippen LogP contribution in [0.1, 0.15) is 0 Å². The van der Waals surface area contributed by atoms with Gasteiger partial charge in [0.25, 0.3) is 0 Å². The van der Waals surface area contributed by atoms with Gasteiger partial charge in [0.15, 0.2) is 8.32 Å². The summed E-state index contributed by atoms with van der Waals surface area (Å²) in [5.41, 5.74) is 0. The van der Waals surface area contributed by atoms with Gasteiger partial charge >= 0.3 is 18.9 Å². The zero-order valence-corrected chi connectivity index (χ0v) is 14.4. The van der Waals surface area contributed by atoms with E-state index in [4.69, 9.17) is 8.76 Å². The summed E-state index contributed by atoms with van der Waals surface area (Å²) in [4.78, 5) is 0. The molecule has 80 valence electrons. The minimum atomic E-state index is -1.73. The first-order valence-corrected chi connectivity index (χ1v) is 14.6. The van der Waals surface area contributed by atoms with Gasteiger partial charge in [-0.1, -0.05) is 41.0 Å². The van der Waals surface area contributed by atoms with Crippen molar-refractivity contribution in [1.29, 1.82) is 0 Å². The Morgan fingerprint density at radius 2 is 1.14 bits per heavy atom. The van der Waals surface area contributed by atoms with Crippen LogP contribution < -0.4 is 18.9 Å². The van der Waals surface area contributed by atoms with Crippen molar-refractivity contribution >= 4 is 25.0 Å². The zero-order valence-electron chi connectivity index (χ0n) is 11.4. The topological polar surface area (TPSA) is 23.3 Å². The minimum Gasteiger partial charge on any atom is -0.646 e. The van der Waals surface area contributed by atoms with Gasteiger partial charge in [0.2, 0.25) is 0 Å². The van der Waals surface area contributed by atoms with E-state index in [1.54, 1.807) is 0 Å². The fraction of sp³-hybridized carbons (Fsp3) is 1.00. The predicted octanol–water partition coefficient (Wildman–Crippen LogP) is 0.752. The maximum atomic E-state index is 6.15. The number of hydrogen-bond acceptors (Lipinski definition) is 1. The molecule has 0 rings (SSSR count). The average molecular weight is 241 g/mol. The van der Waals surface area contributed by atoms with Crippen molar-refractivity contribution in [1.82, 2.24) is 0 Å². The molecule has 0 radical (unpaired) electrons. The molecular weight excluding hydrogens is 217 g/mol. The summed E-state index contributed by atoms with van der Waals surface area (Å²) in [6.45, 7) is 18.0. The second-order valence-electron chi connectivity index (χ2n) is 5.94. The minimum absolute atomic E-state index is 0. The van der Waals surface area contributed by atoms with E-state index < -0.39 is 25.0 Å². The molecule has 0 atom stereocenters. The molecule has 0 aliphatic carbocycles. The molecule has 0 saturated carbocycles. The fourth-order valence-electron chi connectivity index (χ4n) is 1.58. The van der Waals surface area contributed by atoms with Crippen LogP contribution in [0, 0.1) is 0 Å². The first-order chi connectivity index (χ1) is 5.41. The molecule has 0 aliphatic rings. The van der Waals surface area contributed by atoms with Crippen molar-refractivity contribution < 1.29 is 23.0 Å². The molecule has 0 N–H and O–H groups in total. The summed E-state index contributed by atoms with van der Waals surface area (Å²) in [7, 11) is -4.44. The molecule has 0 saturated heterocycles. The van der Waals surface area contributed by atoms with Crippen molar-refractivity contribution in [3.05, 3.63) is 4.65 Å². The Bertz CT molecular complexity index is 156. The summed E-state index contributed by atoms with van der Waals surface area (Å²) < 4.78 is 11.1. The molecule has 0 aromatic heterocycles. The molecular formula is C8H24LiNOSi3. The van der Waals surface area contributed by atoms with Crippen molar-refractivity contribution in [2.45, 2.75) is 52.4 Å². The molecule has 0 unspecified atom stereocenters. The summed E-state index contributed by atoms with van der Waals surface area (Å²) in [6, 6.07) is 0. The van der Waals surface area contributed by atoms with Gasteiger partial charge in [-0.15, -0.1) is 0 Å². The quantitative estimate of drug-likeness (QED) is 0.666. The Kier molecular flexibility index (Phi) is 6.88. The van der Waals surface area contributed by atoms with E-state index in [0.29, 0.717) is 0 Å². The second-order valence-corrected chi connectivity index (χ2v) is 19.1. The Morgan fingerprint density at radius 3 is 1.36 bits per heavy atom. The molecule has 0 aliphatic heterocycles. The van der Waals surface area contributed by atoms with E-state index in [9.17, 15) is 0 Å². The van der Waals surface area contributed by atoms with Crippen LogP contribution in [0.3, 0.4) is 0 Å². The van der Waals surface area contributed by atoms with Crippen LogP contribution >= 0.6 is 0 Å². The Hall–Kier alpha value is 1.17. The molecule has 14 heavy (non-hydrogen) atoms. The zero-order chi connectivity index (χ0) is 10.9. The number of hydrogen-bond donors (Lipinski definition) is 0. The van der Waals surface area contributed by atoms with Gasteiger partial charge in [0.05, 0.1) is 8.48 Å². The maximum absolute atomic E-state index is 6.15. The van der Waals surface area contributed by atoms with Crippen LogP contribution in [0.15, 0.2) is 0 Å². The molecule has 0 fully saturated rings. The summed E-state index contributed by atoms with van der Waals surface area (Å²) in [5.74, 6) is 0. The van der Waals surface area contributed by atoms with E-state index in [1.165, 1.54) is 0 Å². The smallest absolute Gasteiger partial charge is 0.646 e. The molecule has 0 spiro atoms. The third-order valence-electron chi connectivity index (χ3n) is 1.16. The van der Waals surface area contributed by atoms with E-state index in [2.05, 4.69) is 52.4 Å². The summed E-state index contributed by atoms with van der Waals surface area (Å²) >= 11 is 0. The average Bonchev–Trinajstić information content (AvgIpc) is 1.43. The van der Waals surface area contributed by atoms with Crippen molar-refractivity contribution in [3.8, 4) is 0 Å². The number of rotatable bonds is 4. The standard InChI is InChI=1S/C8H24NOSi3.Li/c1-11(2,3)9-13(7,8)10-12(4,5)6;/h1-8H3;/q-1;+1. The van der Waals surface area contributed by atoms with Gasteiger partial charge < -0.3 is 8.76 Å². The van der Waals surface area contributed by atoms with Crippen molar-refractivity contribution in [2.75, 3.05) is 0 Å². The maximum Gasteiger partial charge on any atom is 1.00 e. The Morgan fingerprint density at radius 1 is 0.786 bits per heavy atom. The van der Waals surface area contributed by atoms with Gasteiger partial charge in [-0.2, -0.15) is 0 Å². The predicted molar refractivity (Wildman–Crippen MR) is 68.6 cm³/mol. The van der Waals surface area contributed by atoms with Crippen molar-refractivity contribution in [3.63, 3.8) is 0 Å². The molecule has 0 heterocycles. The Balaban J connectivity index is 0. The molecule has 0 bridgehead atoms. The van der Waals surface area contributed by atoms with Crippen LogP contribution in [0.25, 0.3) is 4.65 Å². The van der Waals surface area contributed by atoms with E-state index >= 15 is 0 Å². The third-order valence-corrected chi connectivity index (χ3v) is 10.4. The monoisotopic (exact) mass is 241 g/mol. The first-order valence-electron chi connectivity index (χ1n) is 4.86. The largest absolute Gasteiger partial charge is 1.00 e. The van der Waals surface area contributed by atoms with Gasteiger partial charge in [-0.05, 0) is 19.6 Å². The van der Waals surface area contributed by atoms with E-state index in [1.807, 2.05) is 0 Å². The fourth-order valence-corrected chi connectivity index (χ4v) is 14.6. The van der Waals surface area contributed by atoms with Crippen LogP contribution in [0.4, 0.5) is 0 Å². The molecule has 6 heteroatoms. The first kappa shape index (κ1) is 17.6. The van der Waals surface area contributed by atoms with E-state index in [0.717, 1.165) is 0 Å². The van der Waals surface area contributed by atoms with Gasteiger partial charge in [-0.25, -0.2) is 0 Å². The van der Waals surface area contributed by atoms with Gasteiger partial charge in [0.1, 0.15) is 0 Å². The molecule has 2 nitrogen and oxygen atoms in total. The molecule has 0 amide bonds. The summed E-state index contributed by atoms with van der Waals surface area (Å²) in [6.07, 6.45) is 0. The van der Waals surface area contributed by atoms with Crippen LogP contribution in [-0.4, -0.2) is 25.0 Å². The molecule has 0 aromatic carbocycles. The summed E-state index contributed by atoms with van der Waals surface area (Å²) in [5, 5.41) is 0. The van der Waals surface area contributed by atoms with Crippen LogP contribution in [0.5, 0.6) is 0 Å². The SMILES string of the molecule is C[Si](C)(C)[N-][Si](C)(C)O[Si](C)(C)C.[Li+]. The second kappa shape index (κ2) is 5.48. The number of nitrogens with zero attached hydrogens (tertiary/aromatic N) is 1. The van der Waals surface area contributed by atoms with Gasteiger partial charge in [0, 0.05) is 0 Å². The normalized spacial score (nSPS) is 13.7. The Labute approximate surface area is 105 Å². The van der Waals surface area contributed by atoms with Crippen LogP contribution in [0.2, 0.25) is 52.4 Å². The van der Waals surface area contributed by atoms with Crippen molar-refractivity contribution in [2.24, 2.45) is 0 Å².